The number of rotatable bonds is 1. The number of halogens is 2. The van der Waals surface area contributed by atoms with Crippen LogP contribution in [0.3, 0.4) is 0 Å². The molecule has 4 rings (SSSR count). The maximum absolute atomic E-state index is 14.5. The van der Waals surface area contributed by atoms with Crippen LogP contribution in [0.2, 0.25) is 0 Å². The van der Waals surface area contributed by atoms with E-state index in [-0.39, 0.29) is 11.7 Å². The van der Waals surface area contributed by atoms with E-state index in [1.54, 1.807) is 12.3 Å². The summed E-state index contributed by atoms with van der Waals surface area (Å²) in [7, 11) is 2.12. The molecule has 0 aromatic heterocycles. The van der Waals surface area contributed by atoms with E-state index in [2.05, 4.69) is 11.9 Å². The molecule has 1 saturated heterocycles. The Balaban J connectivity index is 1.57. The molecule has 1 saturated carbocycles. The number of hydrogen-bond donors (Lipinski definition) is 0. The minimum absolute atomic E-state index is 0.169. The van der Waals surface area contributed by atoms with Crippen molar-refractivity contribution in [2.24, 2.45) is 17.8 Å². The van der Waals surface area contributed by atoms with Gasteiger partial charge in [-0.2, -0.15) is 0 Å². The fourth-order valence-corrected chi connectivity index (χ4v) is 3.98. The SMILES string of the molecule is CN1CCC(C2=COC3C2C=C(F)C2CC23F)CC1. The molecule has 0 aromatic carbocycles. The molecule has 2 fully saturated rings. The van der Waals surface area contributed by atoms with Crippen LogP contribution in [0.1, 0.15) is 19.3 Å². The summed E-state index contributed by atoms with van der Waals surface area (Å²) >= 11 is 0. The van der Waals surface area contributed by atoms with Gasteiger partial charge in [0.2, 0.25) is 0 Å². The summed E-state index contributed by atoms with van der Waals surface area (Å²) in [5, 5.41) is 0. The first-order chi connectivity index (χ1) is 9.09. The molecule has 2 aliphatic carbocycles. The van der Waals surface area contributed by atoms with Crippen molar-refractivity contribution >= 4 is 0 Å². The first-order valence-corrected chi connectivity index (χ1v) is 7.19. The molecule has 19 heavy (non-hydrogen) atoms. The van der Waals surface area contributed by atoms with Crippen LogP contribution in [0.15, 0.2) is 23.7 Å². The van der Waals surface area contributed by atoms with E-state index in [1.807, 2.05) is 0 Å². The fourth-order valence-electron chi connectivity index (χ4n) is 3.98. The largest absolute Gasteiger partial charge is 0.494 e. The number of allylic oxidation sites excluding steroid dienone is 1. The normalized spacial score (nSPS) is 45.9. The fraction of sp³-hybridized carbons (Fsp3) is 0.733. The number of alkyl halides is 1. The highest BCUT2D eigenvalue weighted by Gasteiger charge is 2.69. The highest BCUT2D eigenvalue weighted by atomic mass is 19.2. The molecule has 0 bridgehead atoms. The van der Waals surface area contributed by atoms with Gasteiger partial charge in [-0.05, 0) is 57.0 Å². The van der Waals surface area contributed by atoms with Crippen LogP contribution in [0.5, 0.6) is 0 Å². The van der Waals surface area contributed by atoms with Crippen molar-refractivity contribution in [3.8, 4) is 0 Å². The van der Waals surface area contributed by atoms with Crippen LogP contribution >= 0.6 is 0 Å². The van der Waals surface area contributed by atoms with E-state index >= 15 is 0 Å². The smallest absolute Gasteiger partial charge is 0.158 e. The van der Waals surface area contributed by atoms with Crippen LogP contribution in [0, 0.1) is 17.8 Å². The minimum atomic E-state index is -1.44. The number of piperidine rings is 1. The lowest BCUT2D eigenvalue weighted by Crippen LogP contribution is -2.37. The minimum Gasteiger partial charge on any atom is -0.494 e. The van der Waals surface area contributed by atoms with Crippen molar-refractivity contribution < 1.29 is 13.5 Å². The lowest BCUT2D eigenvalue weighted by molar-refractivity contribution is 0.0300. The quantitative estimate of drug-likeness (QED) is 0.724. The van der Waals surface area contributed by atoms with Gasteiger partial charge in [0.25, 0.3) is 0 Å². The number of hydrogen-bond acceptors (Lipinski definition) is 2. The molecule has 0 amide bonds. The Morgan fingerprint density at radius 3 is 2.84 bits per heavy atom. The molecule has 0 N–H and O–H groups in total. The van der Waals surface area contributed by atoms with E-state index in [0.717, 1.165) is 31.5 Å². The van der Waals surface area contributed by atoms with Gasteiger partial charge in [-0.15, -0.1) is 0 Å². The van der Waals surface area contributed by atoms with E-state index < -0.39 is 17.7 Å². The molecule has 4 unspecified atom stereocenters. The zero-order chi connectivity index (χ0) is 13.2. The van der Waals surface area contributed by atoms with E-state index in [9.17, 15) is 8.78 Å². The van der Waals surface area contributed by atoms with Gasteiger partial charge in [0.1, 0.15) is 11.9 Å². The molecular weight excluding hydrogens is 248 g/mol. The second-order valence-electron chi connectivity index (χ2n) is 6.51. The lowest BCUT2D eigenvalue weighted by atomic mass is 9.78. The van der Waals surface area contributed by atoms with Crippen LogP contribution < -0.4 is 0 Å². The summed E-state index contributed by atoms with van der Waals surface area (Å²) < 4.78 is 33.9. The van der Waals surface area contributed by atoms with Crippen molar-refractivity contribution in [2.75, 3.05) is 20.1 Å². The van der Waals surface area contributed by atoms with E-state index in [0.29, 0.717) is 12.3 Å². The Kier molecular flexibility index (Phi) is 2.39. The summed E-state index contributed by atoms with van der Waals surface area (Å²) in [6.45, 7) is 2.10. The Bertz CT molecular complexity index is 467. The molecule has 0 aromatic rings. The summed E-state index contributed by atoms with van der Waals surface area (Å²) in [5.74, 6) is -0.529. The van der Waals surface area contributed by atoms with Gasteiger partial charge in [0.05, 0.1) is 12.2 Å². The van der Waals surface area contributed by atoms with Crippen LogP contribution in [0.4, 0.5) is 8.78 Å². The molecule has 4 aliphatic rings. The first-order valence-electron chi connectivity index (χ1n) is 7.19. The summed E-state index contributed by atoms with van der Waals surface area (Å²) in [4.78, 5) is 2.30. The monoisotopic (exact) mass is 267 g/mol. The third-order valence-corrected chi connectivity index (χ3v) is 5.33. The maximum Gasteiger partial charge on any atom is 0.158 e. The van der Waals surface area contributed by atoms with Gasteiger partial charge in [-0.3, -0.25) is 0 Å². The highest BCUT2D eigenvalue weighted by Crippen LogP contribution is 2.62. The molecular formula is C15H19F2NO. The van der Waals surface area contributed by atoms with Crippen molar-refractivity contribution in [2.45, 2.75) is 31.0 Å². The van der Waals surface area contributed by atoms with Gasteiger partial charge in [0.15, 0.2) is 5.67 Å². The Labute approximate surface area is 112 Å². The number of likely N-dealkylation sites (tertiary alicyclic amines) is 1. The predicted molar refractivity (Wildman–Crippen MR) is 67.8 cm³/mol. The summed E-state index contributed by atoms with van der Waals surface area (Å²) in [6.07, 6.45) is 5.31. The number of fused-ring (bicyclic) bond motifs is 3. The Morgan fingerprint density at radius 2 is 2.11 bits per heavy atom. The standard InChI is InChI=1S/C15H19F2NO/c1-18-4-2-9(3-5-18)11-8-19-14-10(11)6-13(16)12-7-15(12,14)17/h6,8-10,12,14H,2-5,7H2,1H3. The predicted octanol–water partition coefficient (Wildman–Crippen LogP) is 2.82. The first kappa shape index (κ1) is 11.9. The van der Waals surface area contributed by atoms with Crippen LogP contribution in [0.25, 0.3) is 0 Å². The van der Waals surface area contributed by atoms with Gasteiger partial charge in [-0.1, -0.05) is 0 Å². The third-order valence-electron chi connectivity index (χ3n) is 5.33. The third kappa shape index (κ3) is 1.62. The number of nitrogens with zero attached hydrogens (tertiary/aromatic N) is 1. The molecule has 4 atom stereocenters. The van der Waals surface area contributed by atoms with Crippen molar-refractivity contribution in [1.29, 1.82) is 0 Å². The van der Waals surface area contributed by atoms with E-state index in [4.69, 9.17) is 4.74 Å². The molecule has 0 radical (unpaired) electrons. The van der Waals surface area contributed by atoms with Gasteiger partial charge in [0, 0.05) is 5.92 Å². The lowest BCUT2D eigenvalue weighted by Gasteiger charge is -2.33. The van der Waals surface area contributed by atoms with Crippen molar-refractivity contribution in [1.82, 2.24) is 4.90 Å². The molecule has 104 valence electrons. The van der Waals surface area contributed by atoms with Gasteiger partial charge < -0.3 is 9.64 Å². The Hall–Kier alpha value is -0.900. The zero-order valence-electron chi connectivity index (χ0n) is 11.1. The van der Waals surface area contributed by atoms with Crippen LogP contribution in [-0.4, -0.2) is 36.8 Å². The summed E-state index contributed by atoms with van der Waals surface area (Å²) in [6, 6.07) is 0. The van der Waals surface area contributed by atoms with Crippen molar-refractivity contribution in [3.05, 3.63) is 23.7 Å². The highest BCUT2D eigenvalue weighted by molar-refractivity contribution is 5.36. The topological polar surface area (TPSA) is 12.5 Å². The van der Waals surface area contributed by atoms with Gasteiger partial charge >= 0.3 is 0 Å². The maximum atomic E-state index is 14.5. The molecule has 0 spiro atoms. The average molecular weight is 267 g/mol. The zero-order valence-corrected chi connectivity index (χ0v) is 11.1. The van der Waals surface area contributed by atoms with E-state index in [1.165, 1.54) is 0 Å². The second-order valence-corrected chi connectivity index (χ2v) is 6.51. The molecule has 2 heterocycles. The average Bonchev–Trinajstić information content (AvgIpc) is 2.92. The molecule has 2 nitrogen and oxygen atoms in total. The van der Waals surface area contributed by atoms with Gasteiger partial charge in [-0.25, -0.2) is 8.78 Å². The second kappa shape index (κ2) is 3.81. The molecule has 2 aliphatic heterocycles. The Morgan fingerprint density at radius 1 is 1.37 bits per heavy atom. The molecule has 4 heteroatoms. The number of ether oxygens (including phenoxy) is 1. The summed E-state index contributed by atoms with van der Waals surface area (Å²) in [5.41, 5.74) is -0.316. The van der Waals surface area contributed by atoms with Crippen LogP contribution in [-0.2, 0) is 4.74 Å². The van der Waals surface area contributed by atoms with Crippen molar-refractivity contribution in [3.63, 3.8) is 0 Å².